The smallest absolute Gasteiger partial charge is 0.0414 e. The van der Waals surface area contributed by atoms with Crippen LogP contribution in [0.25, 0.3) is 0 Å². The van der Waals surface area contributed by atoms with E-state index in [-0.39, 0.29) is 11.5 Å². The summed E-state index contributed by atoms with van der Waals surface area (Å²) in [5.74, 6) is 0. The third kappa shape index (κ3) is 3.22. The summed E-state index contributed by atoms with van der Waals surface area (Å²) in [5.41, 5.74) is 8.74. The SMILES string of the molecule is CC(N)c1ccccc1N(C)C(C)C(C)(C)C. The molecule has 17 heavy (non-hydrogen) atoms. The Morgan fingerprint density at radius 1 is 1.12 bits per heavy atom. The largest absolute Gasteiger partial charge is 0.371 e. The van der Waals surface area contributed by atoms with Crippen LogP contribution in [0.3, 0.4) is 0 Å². The molecule has 0 saturated heterocycles. The Morgan fingerprint density at radius 3 is 2.12 bits per heavy atom. The number of nitrogens with two attached hydrogens (primary N) is 1. The Balaban J connectivity index is 3.08. The van der Waals surface area contributed by atoms with Crippen molar-refractivity contribution < 1.29 is 0 Å². The molecule has 0 aliphatic rings. The summed E-state index contributed by atoms with van der Waals surface area (Å²) in [6.45, 7) is 11.1. The fourth-order valence-corrected chi connectivity index (χ4v) is 1.98. The lowest BCUT2D eigenvalue weighted by molar-refractivity contribution is 0.329. The number of hydrogen-bond acceptors (Lipinski definition) is 2. The molecule has 0 spiro atoms. The number of benzene rings is 1. The van der Waals surface area contributed by atoms with Crippen molar-refractivity contribution in [2.75, 3.05) is 11.9 Å². The van der Waals surface area contributed by atoms with Crippen LogP contribution in [0.1, 0.15) is 46.2 Å². The molecule has 2 N–H and O–H groups in total. The molecule has 0 amide bonds. The average Bonchev–Trinajstić information content (AvgIpc) is 2.25. The van der Waals surface area contributed by atoms with Crippen molar-refractivity contribution in [2.24, 2.45) is 11.1 Å². The van der Waals surface area contributed by atoms with Crippen LogP contribution >= 0.6 is 0 Å². The first-order valence-electron chi connectivity index (χ1n) is 6.32. The molecule has 0 fully saturated rings. The van der Waals surface area contributed by atoms with Crippen LogP contribution in [0.5, 0.6) is 0 Å². The highest BCUT2D eigenvalue weighted by molar-refractivity contribution is 5.55. The van der Waals surface area contributed by atoms with Gasteiger partial charge in [0.05, 0.1) is 0 Å². The maximum atomic E-state index is 6.03. The van der Waals surface area contributed by atoms with Crippen molar-refractivity contribution in [1.29, 1.82) is 0 Å². The molecule has 0 bridgehead atoms. The highest BCUT2D eigenvalue weighted by Gasteiger charge is 2.25. The fraction of sp³-hybridized carbons (Fsp3) is 0.600. The highest BCUT2D eigenvalue weighted by atomic mass is 15.1. The van der Waals surface area contributed by atoms with Crippen molar-refractivity contribution >= 4 is 5.69 Å². The molecule has 2 nitrogen and oxygen atoms in total. The molecule has 1 aromatic rings. The third-order valence-corrected chi connectivity index (χ3v) is 3.64. The number of hydrogen-bond donors (Lipinski definition) is 1. The zero-order chi connectivity index (χ0) is 13.2. The minimum absolute atomic E-state index is 0.0702. The van der Waals surface area contributed by atoms with Crippen LogP contribution in [-0.4, -0.2) is 13.1 Å². The van der Waals surface area contributed by atoms with Crippen molar-refractivity contribution in [2.45, 2.75) is 46.7 Å². The predicted molar refractivity (Wildman–Crippen MR) is 76.4 cm³/mol. The van der Waals surface area contributed by atoms with E-state index in [0.29, 0.717) is 6.04 Å². The number of nitrogens with zero attached hydrogens (tertiary/aromatic N) is 1. The zero-order valence-corrected chi connectivity index (χ0v) is 12.0. The minimum Gasteiger partial charge on any atom is -0.371 e. The van der Waals surface area contributed by atoms with Gasteiger partial charge in [0.25, 0.3) is 0 Å². The van der Waals surface area contributed by atoms with Gasteiger partial charge in [0.2, 0.25) is 0 Å². The second kappa shape index (κ2) is 5.09. The van der Waals surface area contributed by atoms with Gasteiger partial charge in [0, 0.05) is 24.8 Å². The number of rotatable bonds is 3. The summed E-state index contributed by atoms with van der Waals surface area (Å²) in [5, 5.41) is 0. The highest BCUT2D eigenvalue weighted by Crippen LogP contribution is 2.31. The molecule has 0 aliphatic carbocycles. The second-order valence-corrected chi connectivity index (χ2v) is 6.00. The van der Waals surface area contributed by atoms with E-state index in [2.05, 4.69) is 63.9 Å². The molecule has 1 rings (SSSR count). The Hall–Kier alpha value is -1.02. The van der Waals surface area contributed by atoms with Gasteiger partial charge in [-0.05, 0) is 30.9 Å². The van der Waals surface area contributed by atoms with Crippen molar-refractivity contribution in [3.63, 3.8) is 0 Å². The summed E-state index contributed by atoms with van der Waals surface area (Å²) in [6.07, 6.45) is 0. The van der Waals surface area contributed by atoms with Crippen LogP contribution < -0.4 is 10.6 Å². The average molecular weight is 234 g/mol. The van der Waals surface area contributed by atoms with E-state index in [1.54, 1.807) is 0 Å². The molecule has 2 heteroatoms. The van der Waals surface area contributed by atoms with Gasteiger partial charge in [-0.3, -0.25) is 0 Å². The van der Waals surface area contributed by atoms with E-state index in [0.717, 1.165) is 0 Å². The fourth-order valence-electron chi connectivity index (χ4n) is 1.98. The van der Waals surface area contributed by atoms with Crippen LogP contribution in [-0.2, 0) is 0 Å². The number of anilines is 1. The molecule has 0 radical (unpaired) electrons. The molecular formula is C15H26N2. The lowest BCUT2D eigenvalue weighted by Gasteiger charge is -2.38. The normalized spacial score (nSPS) is 15.5. The van der Waals surface area contributed by atoms with Gasteiger partial charge in [-0.2, -0.15) is 0 Å². The Bertz CT molecular complexity index is 363. The van der Waals surface area contributed by atoms with Crippen LogP contribution in [0.4, 0.5) is 5.69 Å². The third-order valence-electron chi connectivity index (χ3n) is 3.64. The molecule has 96 valence electrons. The molecule has 0 heterocycles. The van der Waals surface area contributed by atoms with E-state index in [1.807, 2.05) is 6.92 Å². The first-order valence-corrected chi connectivity index (χ1v) is 6.32. The van der Waals surface area contributed by atoms with Crippen LogP contribution in [0, 0.1) is 5.41 Å². The van der Waals surface area contributed by atoms with Gasteiger partial charge in [0.15, 0.2) is 0 Å². The zero-order valence-electron chi connectivity index (χ0n) is 12.0. The first kappa shape index (κ1) is 14.0. The lowest BCUT2D eigenvalue weighted by atomic mass is 9.86. The molecule has 0 aliphatic heterocycles. The summed E-state index contributed by atoms with van der Waals surface area (Å²) >= 11 is 0. The van der Waals surface area contributed by atoms with Crippen molar-refractivity contribution in [3.05, 3.63) is 29.8 Å². The minimum atomic E-state index is 0.0702. The maximum absolute atomic E-state index is 6.03. The quantitative estimate of drug-likeness (QED) is 0.866. The van der Waals surface area contributed by atoms with Gasteiger partial charge in [-0.15, -0.1) is 0 Å². The summed E-state index contributed by atoms with van der Waals surface area (Å²) < 4.78 is 0. The topological polar surface area (TPSA) is 29.3 Å². The molecular weight excluding hydrogens is 208 g/mol. The van der Waals surface area contributed by atoms with E-state index in [9.17, 15) is 0 Å². The molecule has 0 aromatic heterocycles. The second-order valence-electron chi connectivity index (χ2n) is 6.00. The predicted octanol–water partition coefficient (Wildman–Crippen LogP) is 3.58. The van der Waals surface area contributed by atoms with Gasteiger partial charge < -0.3 is 10.6 Å². The summed E-state index contributed by atoms with van der Waals surface area (Å²) in [4.78, 5) is 2.33. The Morgan fingerprint density at radius 2 is 1.65 bits per heavy atom. The van der Waals surface area contributed by atoms with Crippen LogP contribution in [0.2, 0.25) is 0 Å². The number of para-hydroxylation sites is 1. The van der Waals surface area contributed by atoms with Crippen molar-refractivity contribution in [1.82, 2.24) is 0 Å². The molecule has 0 saturated carbocycles. The molecule has 2 atom stereocenters. The van der Waals surface area contributed by atoms with E-state index >= 15 is 0 Å². The summed E-state index contributed by atoms with van der Waals surface area (Å²) in [6, 6.07) is 8.93. The monoisotopic (exact) mass is 234 g/mol. The lowest BCUT2D eigenvalue weighted by Crippen LogP contribution is -2.40. The van der Waals surface area contributed by atoms with Gasteiger partial charge in [-0.1, -0.05) is 39.0 Å². The van der Waals surface area contributed by atoms with Crippen LogP contribution in [0.15, 0.2) is 24.3 Å². The summed E-state index contributed by atoms with van der Waals surface area (Å²) in [7, 11) is 2.15. The van der Waals surface area contributed by atoms with E-state index in [1.165, 1.54) is 11.3 Å². The standard InChI is InChI=1S/C15H26N2/c1-11(16)13-9-7-8-10-14(13)17(6)12(2)15(3,4)5/h7-12H,16H2,1-6H3. The first-order chi connectivity index (χ1) is 7.75. The van der Waals surface area contributed by atoms with Crippen molar-refractivity contribution in [3.8, 4) is 0 Å². The molecule has 2 unspecified atom stereocenters. The van der Waals surface area contributed by atoms with Gasteiger partial charge in [-0.25, -0.2) is 0 Å². The van der Waals surface area contributed by atoms with Gasteiger partial charge in [0.1, 0.15) is 0 Å². The Kier molecular flexibility index (Phi) is 4.21. The van der Waals surface area contributed by atoms with E-state index < -0.39 is 0 Å². The Labute approximate surface area is 106 Å². The van der Waals surface area contributed by atoms with E-state index in [4.69, 9.17) is 5.73 Å². The maximum Gasteiger partial charge on any atom is 0.0414 e. The van der Waals surface area contributed by atoms with Gasteiger partial charge >= 0.3 is 0 Å². The molecule has 1 aromatic carbocycles.